The van der Waals surface area contributed by atoms with Crippen LogP contribution in [0.1, 0.15) is 17.7 Å². The highest BCUT2D eigenvalue weighted by molar-refractivity contribution is 5.79. The molecule has 6 nitrogen and oxygen atoms in total. The third-order valence-corrected chi connectivity index (χ3v) is 4.72. The smallest absolute Gasteiger partial charge is 0.249 e. The van der Waals surface area contributed by atoms with Gasteiger partial charge >= 0.3 is 0 Å². The van der Waals surface area contributed by atoms with Crippen molar-refractivity contribution in [2.24, 2.45) is 0 Å². The van der Waals surface area contributed by atoms with Gasteiger partial charge in [-0.1, -0.05) is 24.1 Å². The first-order valence-electron chi connectivity index (χ1n) is 9.85. The average Bonchev–Trinajstić information content (AvgIpc) is 2.76. The van der Waals surface area contributed by atoms with Crippen LogP contribution in [0.2, 0.25) is 0 Å². The molecule has 0 spiro atoms. The van der Waals surface area contributed by atoms with E-state index in [1.807, 2.05) is 42.5 Å². The van der Waals surface area contributed by atoms with Gasteiger partial charge in [0.05, 0.1) is 30.9 Å². The van der Waals surface area contributed by atoms with Gasteiger partial charge in [-0.25, -0.2) is 9.97 Å². The summed E-state index contributed by atoms with van der Waals surface area (Å²) in [5, 5.41) is 0. The zero-order chi connectivity index (χ0) is 19.9. The van der Waals surface area contributed by atoms with Crippen LogP contribution in [0.5, 0.6) is 5.88 Å². The van der Waals surface area contributed by atoms with Crippen molar-refractivity contribution < 1.29 is 9.47 Å². The highest BCUT2D eigenvalue weighted by Crippen LogP contribution is 2.20. The Morgan fingerprint density at radius 1 is 1.00 bits per heavy atom. The van der Waals surface area contributed by atoms with E-state index in [2.05, 4.69) is 26.7 Å². The van der Waals surface area contributed by atoms with Crippen LogP contribution in [0.25, 0.3) is 11.0 Å². The minimum Gasteiger partial charge on any atom is -0.476 e. The number of nitrogens with zero attached hydrogens (tertiary/aromatic N) is 3. The number of rotatable bonds is 5. The first-order valence-corrected chi connectivity index (χ1v) is 9.85. The van der Waals surface area contributed by atoms with Crippen molar-refractivity contribution in [1.29, 1.82) is 0 Å². The molecular formula is C23H24N4O2. The lowest BCUT2D eigenvalue weighted by atomic mass is 10.2. The van der Waals surface area contributed by atoms with E-state index in [1.54, 1.807) is 6.07 Å². The van der Waals surface area contributed by atoms with Crippen molar-refractivity contribution in [3.63, 3.8) is 0 Å². The van der Waals surface area contributed by atoms with Crippen molar-refractivity contribution >= 4 is 16.7 Å². The lowest BCUT2D eigenvalue weighted by Gasteiger charge is -2.26. The van der Waals surface area contributed by atoms with Crippen molar-refractivity contribution in [3.05, 3.63) is 59.8 Å². The van der Waals surface area contributed by atoms with Crippen LogP contribution >= 0.6 is 0 Å². The highest BCUT2D eigenvalue weighted by atomic mass is 16.5. The van der Waals surface area contributed by atoms with Crippen molar-refractivity contribution in [2.75, 3.05) is 45.2 Å². The van der Waals surface area contributed by atoms with Gasteiger partial charge in [0.15, 0.2) is 5.69 Å². The molecule has 2 heterocycles. The Kier molecular flexibility index (Phi) is 6.20. The van der Waals surface area contributed by atoms with Crippen LogP contribution in [0.4, 0.5) is 5.69 Å². The maximum atomic E-state index is 5.99. The minimum atomic E-state index is 0.465. The predicted octanol–water partition coefficient (Wildman–Crippen LogP) is 2.71. The molecule has 1 aromatic heterocycles. The van der Waals surface area contributed by atoms with Gasteiger partial charge in [-0.2, -0.15) is 0 Å². The fourth-order valence-corrected chi connectivity index (χ4v) is 3.17. The van der Waals surface area contributed by atoms with E-state index in [0.717, 1.165) is 50.3 Å². The molecule has 0 unspecified atom stereocenters. The fourth-order valence-electron chi connectivity index (χ4n) is 3.17. The molecule has 1 fully saturated rings. The molecule has 2 N–H and O–H groups in total. The first kappa shape index (κ1) is 19.2. The SMILES string of the molecule is Nc1ccc2nc(OCCCN3CCOCC3)c(C#Cc3ccccc3)nc2c1. The minimum absolute atomic E-state index is 0.465. The van der Waals surface area contributed by atoms with E-state index in [1.165, 1.54) is 0 Å². The van der Waals surface area contributed by atoms with Gasteiger partial charge in [-0.05, 0) is 42.7 Å². The molecule has 0 bridgehead atoms. The molecule has 2 aromatic carbocycles. The van der Waals surface area contributed by atoms with Crippen molar-refractivity contribution in [2.45, 2.75) is 6.42 Å². The number of benzene rings is 2. The number of hydrogen-bond acceptors (Lipinski definition) is 6. The topological polar surface area (TPSA) is 73.5 Å². The number of ether oxygens (including phenoxy) is 2. The van der Waals surface area contributed by atoms with Crippen LogP contribution in [-0.2, 0) is 4.74 Å². The standard InChI is InChI=1S/C23H24N4O2/c24-19-8-10-20-22(17-19)25-21(9-7-18-5-2-1-3-6-18)23(26-20)29-14-4-11-27-12-15-28-16-13-27/h1-3,5-6,8,10,17H,4,11-16,24H2. The van der Waals surface area contributed by atoms with Crippen molar-refractivity contribution in [1.82, 2.24) is 14.9 Å². The van der Waals surface area contributed by atoms with Crippen LogP contribution < -0.4 is 10.5 Å². The van der Waals surface area contributed by atoms with Gasteiger partial charge in [0.2, 0.25) is 5.88 Å². The molecule has 3 aromatic rings. The molecule has 1 saturated heterocycles. The maximum Gasteiger partial charge on any atom is 0.249 e. The summed E-state index contributed by atoms with van der Waals surface area (Å²) in [6, 6.07) is 15.3. The Morgan fingerprint density at radius 3 is 2.66 bits per heavy atom. The van der Waals surface area contributed by atoms with Crippen LogP contribution in [0.15, 0.2) is 48.5 Å². The number of aromatic nitrogens is 2. The van der Waals surface area contributed by atoms with Crippen LogP contribution in [-0.4, -0.2) is 54.3 Å². The molecular weight excluding hydrogens is 364 g/mol. The molecule has 0 radical (unpaired) electrons. The molecule has 0 saturated carbocycles. The number of morpholine rings is 1. The van der Waals surface area contributed by atoms with Crippen molar-refractivity contribution in [3.8, 4) is 17.7 Å². The van der Waals surface area contributed by atoms with E-state index in [9.17, 15) is 0 Å². The Morgan fingerprint density at radius 2 is 1.83 bits per heavy atom. The largest absolute Gasteiger partial charge is 0.476 e. The summed E-state index contributed by atoms with van der Waals surface area (Å²) in [5.74, 6) is 6.72. The molecule has 148 valence electrons. The fraction of sp³-hybridized carbons (Fsp3) is 0.304. The Balaban J connectivity index is 1.52. The van der Waals surface area contributed by atoms with Gasteiger partial charge in [0.25, 0.3) is 0 Å². The molecule has 4 rings (SSSR count). The van der Waals surface area contributed by atoms with Gasteiger partial charge in [-0.15, -0.1) is 0 Å². The summed E-state index contributed by atoms with van der Waals surface area (Å²) < 4.78 is 11.4. The zero-order valence-corrected chi connectivity index (χ0v) is 16.3. The highest BCUT2D eigenvalue weighted by Gasteiger charge is 2.12. The number of hydrogen-bond donors (Lipinski definition) is 1. The quantitative estimate of drug-likeness (QED) is 0.412. The van der Waals surface area contributed by atoms with Gasteiger partial charge in [-0.3, -0.25) is 4.90 Å². The Bertz CT molecular complexity index is 1020. The summed E-state index contributed by atoms with van der Waals surface area (Å²) in [7, 11) is 0. The Labute approximate surface area is 170 Å². The lowest BCUT2D eigenvalue weighted by molar-refractivity contribution is 0.0357. The third-order valence-electron chi connectivity index (χ3n) is 4.72. The third kappa shape index (κ3) is 5.23. The van der Waals surface area contributed by atoms with Crippen LogP contribution in [0, 0.1) is 11.8 Å². The average molecular weight is 388 g/mol. The second-order valence-electron chi connectivity index (χ2n) is 6.90. The molecule has 1 aliphatic heterocycles. The molecule has 6 heteroatoms. The molecule has 0 atom stereocenters. The van der Waals surface area contributed by atoms with E-state index >= 15 is 0 Å². The summed E-state index contributed by atoms with van der Waals surface area (Å²) in [5.41, 5.74) is 9.44. The summed E-state index contributed by atoms with van der Waals surface area (Å²) in [6.07, 6.45) is 0.910. The zero-order valence-electron chi connectivity index (χ0n) is 16.3. The van der Waals surface area contributed by atoms with E-state index in [0.29, 0.717) is 29.4 Å². The van der Waals surface area contributed by atoms with E-state index in [4.69, 9.17) is 15.2 Å². The summed E-state index contributed by atoms with van der Waals surface area (Å²) >= 11 is 0. The molecule has 1 aliphatic rings. The van der Waals surface area contributed by atoms with E-state index < -0.39 is 0 Å². The number of nitrogens with two attached hydrogens (primary N) is 1. The first-order chi connectivity index (χ1) is 14.3. The van der Waals surface area contributed by atoms with Gasteiger partial charge in [0.1, 0.15) is 0 Å². The van der Waals surface area contributed by atoms with E-state index in [-0.39, 0.29) is 0 Å². The monoisotopic (exact) mass is 388 g/mol. The number of nitrogen functional groups attached to an aromatic ring is 1. The summed E-state index contributed by atoms with van der Waals surface area (Å²) in [4.78, 5) is 11.7. The van der Waals surface area contributed by atoms with Gasteiger partial charge < -0.3 is 15.2 Å². The predicted molar refractivity (Wildman–Crippen MR) is 114 cm³/mol. The van der Waals surface area contributed by atoms with Gasteiger partial charge in [0, 0.05) is 30.9 Å². The normalized spacial score (nSPS) is 14.3. The number of fused-ring (bicyclic) bond motifs is 1. The molecule has 29 heavy (non-hydrogen) atoms. The lowest BCUT2D eigenvalue weighted by Crippen LogP contribution is -2.37. The van der Waals surface area contributed by atoms with Crippen LogP contribution in [0.3, 0.4) is 0 Å². The number of anilines is 1. The second-order valence-corrected chi connectivity index (χ2v) is 6.90. The Hall–Kier alpha value is -3.14. The summed E-state index contributed by atoms with van der Waals surface area (Å²) in [6.45, 7) is 5.10. The molecule has 0 amide bonds. The molecule has 0 aliphatic carbocycles. The second kappa shape index (κ2) is 9.37. The maximum absolute atomic E-state index is 5.99.